The van der Waals surface area contributed by atoms with Gasteiger partial charge < -0.3 is 14.5 Å². The van der Waals surface area contributed by atoms with Crippen molar-refractivity contribution >= 4 is 11.9 Å². The van der Waals surface area contributed by atoms with Gasteiger partial charge in [0.25, 0.3) is 0 Å². The van der Waals surface area contributed by atoms with E-state index in [-0.39, 0.29) is 17.9 Å². The minimum Gasteiger partial charge on any atom is -0.379 e. The van der Waals surface area contributed by atoms with Gasteiger partial charge in [-0.25, -0.2) is 9.97 Å². The number of carbonyl (C=O) groups excluding carboxylic acids is 1. The lowest BCUT2D eigenvalue weighted by molar-refractivity contribution is -0.131. The van der Waals surface area contributed by atoms with E-state index in [0.717, 1.165) is 45.0 Å². The molecule has 6 heteroatoms. The first-order valence-corrected chi connectivity index (χ1v) is 7.60. The number of hydrogen-bond donors (Lipinski definition) is 0. The molecule has 0 radical (unpaired) electrons. The van der Waals surface area contributed by atoms with E-state index in [0.29, 0.717) is 6.42 Å². The molecule has 6 nitrogen and oxygen atoms in total. The van der Waals surface area contributed by atoms with Crippen LogP contribution in [-0.4, -0.2) is 60.2 Å². The van der Waals surface area contributed by atoms with Gasteiger partial charge in [-0.15, -0.1) is 0 Å². The maximum absolute atomic E-state index is 12.3. The summed E-state index contributed by atoms with van der Waals surface area (Å²) < 4.78 is 5.57. The Kier molecular flexibility index (Phi) is 4.34. The molecule has 2 aliphatic heterocycles. The monoisotopic (exact) mass is 290 g/mol. The Morgan fingerprint density at radius 1 is 1.29 bits per heavy atom. The summed E-state index contributed by atoms with van der Waals surface area (Å²) in [6.45, 7) is 3.35. The Balaban J connectivity index is 1.63. The van der Waals surface area contributed by atoms with Crippen LogP contribution in [-0.2, 0) is 9.53 Å². The smallest absolute Gasteiger partial charge is 0.225 e. The molecule has 0 aliphatic carbocycles. The van der Waals surface area contributed by atoms with Crippen molar-refractivity contribution in [3.05, 3.63) is 18.5 Å². The summed E-state index contributed by atoms with van der Waals surface area (Å²) in [7, 11) is 1.72. The van der Waals surface area contributed by atoms with Crippen LogP contribution in [0.3, 0.4) is 0 Å². The van der Waals surface area contributed by atoms with Crippen LogP contribution in [0.4, 0.5) is 5.95 Å². The van der Waals surface area contributed by atoms with Gasteiger partial charge in [0.05, 0.1) is 6.10 Å². The molecule has 0 N–H and O–H groups in total. The summed E-state index contributed by atoms with van der Waals surface area (Å²) in [6, 6.07) is 1.81. The SMILES string of the molecule is CO[C@H]1CN(c2ncccn2)C[C@@H]1CC(=O)N1CCCC1. The van der Waals surface area contributed by atoms with Gasteiger partial charge in [-0.2, -0.15) is 0 Å². The van der Waals surface area contributed by atoms with Crippen LogP contribution >= 0.6 is 0 Å². The average Bonchev–Trinajstić information content (AvgIpc) is 3.17. The molecular formula is C15H22N4O2. The minimum absolute atomic E-state index is 0.0698. The maximum Gasteiger partial charge on any atom is 0.225 e. The first-order chi connectivity index (χ1) is 10.3. The molecule has 2 aliphatic rings. The van der Waals surface area contributed by atoms with E-state index >= 15 is 0 Å². The summed E-state index contributed by atoms with van der Waals surface area (Å²) >= 11 is 0. The second-order valence-corrected chi connectivity index (χ2v) is 5.78. The van der Waals surface area contributed by atoms with Crippen LogP contribution in [0.1, 0.15) is 19.3 Å². The first kappa shape index (κ1) is 14.3. The highest BCUT2D eigenvalue weighted by Crippen LogP contribution is 2.26. The second-order valence-electron chi connectivity index (χ2n) is 5.78. The number of aromatic nitrogens is 2. The summed E-state index contributed by atoms with van der Waals surface area (Å²) in [5.74, 6) is 1.19. The number of ether oxygens (including phenoxy) is 1. The molecule has 2 fully saturated rings. The van der Waals surface area contributed by atoms with Crippen LogP contribution in [0.5, 0.6) is 0 Å². The third-order valence-corrected chi connectivity index (χ3v) is 4.41. The van der Waals surface area contributed by atoms with Gasteiger partial charge >= 0.3 is 0 Å². The van der Waals surface area contributed by atoms with Gasteiger partial charge in [0, 0.05) is 58.0 Å². The summed E-state index contributed by atoms with van der Waals surface area (Å²) in [4.78, 5) is 25.0. The van der Waals surface area contributed by atoms with Crippen molar-refractivity contribution in [1.82, 2.24) is 14.9 Å². The molecule has 0 spiro atoms. The average molecular weight is 290 g/mol. The zero-order chi connectivity index (χ0) is 14.7. The number of hydrogen-bond acceptors (Lipinski definition) is 5. The van der Waals surface area contributed by atoms with Crippen molar-refractivity contribution in [1.29, 1.82) is 0 Å². The number of methoxy groups -OCH3 is 1. The number of amides is 1. The molecule has 3 rings (SSSR count). The Hall–Kier alpha value is -1.69. The molecule has 114 valence electrons. The van der Waals surface area contributed by atoms with Crippen LogP contribution in [0, 0.1) is 5.92 Å². The van der Waals surface area contributed by atoms with Crippen molar-refractivity contribution < 1.29 is 9.53 Å². The van der Waals surface area contributed by atoms with Crippen LogP contribution in [0.25, 0.3) is 0 Å². The zero-order valence-electron chi connectivity index (χ0n) is 12.4. The Morgan fingerprint density at radius 3 is 2.67 bits per heavy atom. The number of nitrogens with zero attached hydrogens (tertiary/aromatic N) is 4. The molecule has 21 heavy (non-hydrogen) atoms. The fourth-order valence-corrected chi connectivity index (χ4v) is 3.24. The summed E-state index contributed by atoms with van der Waals surface area (Å²) in [6.07, 6.45) is 6.38. The third kappa shape index (κ3) is 3.15. The van der Waals surface area contributed by atoms with Gasteiger partial charge in [0.1, 0.15) is 0 Å². The number of rotatable bonds is 4. The predicted molar refractivity (Wildman–Crippen MR) is 79.0 cm³/mol. The molecule has 0 saturated carbocycles. The quantitative estimate of drug-likeness (QED) is 0.826. The normalized spacial score (nSPS) is 25.6. The molecule has 2 saturated heterocycles. The predicted octanol–water partition coefficient (Wildman–Crippen LogP) is 0.940. The second kappa shape index (κ2) is 6.39. The molecule has 1 aromatic rings. The lowest BCUT2D eigenvalue weighted by Crippen LogP contribution is -2.32. The van der Waals surface area contributed by atoms with Gasteiger partial charge in [-0.05, 0) is 18.9 Å². The maximum atomic E-state index is 12.3. The van der Waals surface area contributed by atoms with Gasteiger partial charge in [0.15, 0.2) is 0 Å². The molecule has 1 amide bonds. The number of anilines is 1. The van der Waals surface area contributed by atoms with Gasteiger partial charge in [-0.1, -0.05) is 0 Å². The Morgan fingerprint density at radius 2 is 2.00 bits per heavy atom. The fourth-order valence-electron chi connectivity index (χ4n) is 3.24. The highest BCUT2D eigenvalue weighted by molar-refractivity contribution is 5.77. The fraction of sp³-hybridized carbons (Fsp3) is 0.667. The zero-order valence-corrected chi connectivity index (χ0v) is 12.4. The molecule has 3 heterocycles. The van der Waals surface area contributed by atoms with Crippen molar-refractivity contribution in [3.63, 3.8) is 0 Å². The van der Waals surface area contributed by atoms with Crippen molar-refractivity contribution in [2.45, 2.75) is 25.4 Å². The van der Waals surface area contributed by atoms with Crippen LogP contribution in [0.15, 0.2) is 18.5 Å². The molecule has 0 aromatic carbocycles. The molecule has 2 atom stereocenters. The molecule has 0 bridgehead atoms. The molecule has 0 unspecified atom stereocenters. The Labute approximate surface area is 125 Å². The van der Waals surface area contributed by atoms with Gasteiger partial charge in [0.2, 0.25) is 11.9 Å². The molecule has 1 aromatic heterocycles. The van der Waals surface area contributed by atoms with E-state index in [9.17, 15) is 4.79 Å². The van der Waals surface area contributed by atoms with Crippen molar-refractivity contribution in [2.75, 3.05) is 38.2 Å². The van der Waals surface area contributed by atoms with Crippen molar-refractivity contribution in [3.8, 4) is 0 Å². The third-order valence-electron chi connectivity index (χ3n) is 4.41. The Bertz CT molecular complexity index is 476. The highest BCUT2D eigenvalue weighted by atomic mass is 16.5. The summed E-state index contributed by atoms with van der Waals surface area (Å²) in [5.41, 5.74) is 0. The van der Waals surface area contributed by atoms with E-state index < -0.39 is 0 Å². The topological polar surface area (TPSA) is 58.6 Å². The van der Waals surface area contributed by atoms with E-state index in [1.54, 1.807) is 19.5 Å². The first-order valence-electron chi connectivity index (χ1n) is 7.60. The lowest BCUT2D eigenvalue weighted by Gasteiger charge is -2.20. The van der Waals surface area contributed by atoms with E-state index in [1.807, 2.05) is 11.0 Å². The molecular weight excluding hydrogens is 268 g/mol. The lowest BCUT2D eigenvalue weighted by atomic mass is 10.0. The van der Waals surface area contributed by atoms with E-state index in [4.69, 9.17) is 4.74 Å². The number of carbonyl (C=O) groups is 1. The van der Waals surface area contributed by atoms with Crippen LogP contribution < -0.4 is 4.90 Å². The van der Waals surface area contributed by atoms with Gasteiger partial charge in [-0.3, -0.25) is 4.79 Å². The van der Waals surface area contributed by atoms with Crippen molar-refractivity contribution in [2.24, 2.45) is 5.92 Å². The van der Waals surface area contributed by atoms with Crippen LogP contribution in [0.2, 0.25) is 0 Å². The standard InChI is InChI=1S/C15H22N4O2/c1-21-13-11-19(15-16-5-4-6-17-15)10-12(13)9-14(20)18-7-2-3-8-18/h4-6,12-13H,2-3,7-11H2,1H3/t12-,13-/m0/s1. The number of likely N-dealkylation sites (tertiary alicyclic amines) is 1. The van der Waals surface area contributed by atoms with E-state index in [1.165, 1.54) is 0 Å². The van der Waals surface area contributed by atoms with E-state index in [2.05, 4.69) is 14.9 Å². The highest BCUT2D eigenvalue weighted by Gasteiger charge is 2.36. The minimum atomic E-state index is 0.0698. The largest absolute Gasteiger partial charge is 0.379 e. The summed E-state index contributed by atoms with van der Waals surface area (Å²) in [5, 5.41) is 0.